The highest BCUT2D eigenvalue weighted by Crippen LogP contribution is 2.23. The Bertz CT molecular complexity index is 729. The van der Waals surface area contributed by atoms with Gasteiger partial charge in [-0.2, -0.15) is 4.98 Å². The zero-order valence-corrected chi connectivity index (χ0v) is 16.1. The second kappa shape index (κ2) is 7.89. The molecule has 0 bridgehead atoms. The van der Waals surface area contributed by atoms with Gasteiger partial charge >= 0.3 is 0 Å². The lowest BCUT2D eigenvalue weighted by atomic mass is 9.93. The van der Waals surface area contributed by atoms with E-state index in [2.05, 4.69) is 24.0 Å². The van der Waals surface area contributed by atoms with Crippen molar-refractivity contribution >= 4 is 11.6 Å². The van der Waals surface area contributed by atoms with E-state index in [-0.39, 0.29) is 11.8 Å². The zero-order chi connectivity index (χ0) is 18.7. The number of hydrogen-bond acceptors (Lipinski definition) is 5. The highest BCUT2D eigenvalue weighted by atomic mass is 16.5. The Morgan fingerprint density at radius 1 is 1.23 bits per heavy atom. The maximum atomic E-state index is 12.7. The number of benzene rings is 1. The van der Waals surface area contributed by atoms with Gasteiger partial charge in [0.2, 0.25) is 5.89 Å². The number of anilines is 1. The average Bonchev–Trinajstić information content (AvgIpc) is 3.11. The van der Waals surface area contributed by atoms with Gasteiger partial charge in [0.25, 0.3) is 5.91 Å². The van der Waals surface area contributed by atoms with Crippen molar-refractivity contribution < 1.29 is 9.32 Å². The molecule has 1 saturated heterocycles. The van der Waals surface area contributed by atoms with Crippen molar-refractivity contribution in [2.24, 2.45) is 5.92 Å². The number of nitrogens with zero attached hydrogens (tertiary/aromatic N) is 4. The maximum Gasteiger partial charge on any atom is 0.253 e. The van der Waals surface area contributed by atoms with Crippen molar-refractivity contribution in [2.75, 3.05) is 32.1 Å². The zero-order valence-electron chi connectivity index (χ0n) is 16.1. The number of likely N-dealkylation sites (tertiary alicyclic amines) is 1. The average molecular weight is 356 g/mol. The number of carbonyl (C=O) groups is 1. The summed E-state index contributed by atoms with van der Waals surface area (Å²) in [4.78, 5) is 21.1. The van der Waals surface area contributed by atoms with Crippen molar-refractivity contribution in [3.63, 3.8) is 0 Å². The van der Waals surface area contributed by atoms with Crippen LogP contribution in [0, 0.1) is 5.92 Å². The predicted molar refractivity (Wildman–Crippen MR) is 101 cm³/mol. The first-order chi connectivity index (χ1) is 12.4. The summed E-state index contributed by atoms with van der Waals surface area (Å²) in [6.07, 6.45) is 2.75. The van der Waals surface area contributed by atoms with E-state index in [0.717, 1.165) is 55.3 Å². The minimum atomic E-state index is 0.119. The van der Waals surface area contributed by atoms with E-state index in [1.54, 1.807) is 0 Å². The Kier molecular flexibility index (Phi) is 5.59. The first kappa shape index (κ1) is 18.4. The summed E-state index contributed by atoms with van der Waals surface area (Å²) >= 11 is 0. The van der Waals surface area contributed by atoms with Crippen LogP contribution in [-0.2, 0) is 6.42 Å². The Balaban J connectivity index is 1.53. The lowest BCUT2D eigenvalue weighted by Crippen LogP contribution is -2.38. The fourth-order valence-corrected chi connectivity index (χ4v) is 3.26. The van der Waals surface area contributed by atoms with Crippen LogP contribution in [0.15, 0.2) is 28.8 Å². The monoisotopic (exact) mass is 356 g/mol. The molecule has 0 atom stereocenters. The molecule has 26 heavy (non-hydrogen) atoms. The number of aromatic nitrogens is 2. The summed E-state index contributed by atoms with van der Waals surface area (Å²) in [5, 5.41) is 4.03. The van der Waals surface area contributed by atoms with Gasteiger partial charge in [-0.3, -0.25) is 4.79 Å². The molecule has 6 heteroatoms. The predicted octanol–water partition coefficient (Wildman–Crippen LogP) is 3.35. The van der Waals surface area contributed by atoms with Crippen molar-refractivity contribution in [1.29, 1.82) is 0 Å². The fourth-order valence-electron chi connectivity index (χ4n) is 3.26. The van der Waals surface area contributed by atoms with Gasteiger partial charge in [0.05, 0.1) is 0 Å². The second-order valence-electron chi connectivity index (χ2n) is 7.58. The van der Waals surface area contributed by atoms with Gasteiger partial charge in [0.15, 0.2) is 5.82 Å². The topological polar surface area (TPSA) is 62.5 Å². The van der Waals surface area contributed by atoms with Crippen molar-refractivity contribution in [1.82, 2.24) is 15.0 Å². The molecule has 140 valence electrons. The van der Waals surface area contributed by atoms with Gasteiger partial charge in [-0.1, -0.05) is 19.0 Å². The molecule has 0 aliphatic carbocycles. The van der Waals surface area contributed by atoms with Crippen molar-refractivity contribution in [2.45, 2.75) is 39.0 Å². The van der Waals surface area contributed by atoms with Crippen LogP contribution in [0.1, 0.15) is 54.7 Å². The summed E-state index contributed by atoms with van der Waals surface area (Å²) in [5.41, 5.74) is 1.85. The summed E-state index contributed by atoms with van der Waals surface area (Å²) in [6, 6.07) is 7.80. The summed E-state index contributed by atoms with van der Waals surface area (Å²) in [6.45, 7) is 5.68. The first-order valence-electron chi connectivity index (χ1n) is 9.33. The highest BCUT2D eigenvalue weighted by Gasteiger charge is 2.25. The molecule has 0 saturated carbocycles. The van der Waals surface area contributed by atoms with Crippen LogP contribution in [0.3, 0.4) is 0 Å². The minimum absolute atomic E-state index is 0.119. The summed E-state index contributed by atoms with van der Waals surface area (Å²) in [7, 11) is 3.99. The summed E-state index contributed by atoms with van der Waals surface area (Å²) < 4.78 is 5.36. The second-order valence-corrected chi connectivity index (χ2v) is 7.58. The van der Waals surface area contributed by atoms with E-state index >= 15 is 0 Å². The molecule has 6 nitrogen and oxygen atoms in total. The Morgan fingerprint density at radius 2 is 1.88 bits per heavy atom. The van der Waals surface area contributed by atoms with Crippen LogP contribution in [0.4, 0.5) is 5.69 Å². The smallest absolute Gasteiger partial charge is 0.253 e. The minimum Gasteiger partial charge on any atom is -0.378 e. The lowest BCUT2D eigenvalue weighted by Gasteiger charge is -2.31. The maximum absolute atomic E-state index is 12.7. The first-order valence-corrected chi connectivity index (χ1v) is 9.33. The van der Waals surface area contributed by atoms with Gasteiger partial charge in [-0.25, -0.2) is 0 Å². The van der Waals surface area contributed by atoms with Crippen molar-refractivity contribution in [3.05, 3.63) is 41.5 Å². The number of amides is 1. The largest absolute Gasteiger partial charge is 0.378 e. The molecule has 2 aromatic rings. The van der Waals surface area contributed by atoms with Gasteiger partial charge in [0.1, 0.15) is 0 Å². The van der Waals surface area contributed by atoms with Crippen LogP contribution in [0.5, 0.6) is 0 Å². The third-order valence-electron chi connectivity index (χ3n) is 5.00. The molecule has 1 fully saturated rings. The SMILES string of the molecule is CC(C)c1noc(CC2CCN(C(=O)c3ccc(N(C)C)cc3)CC2)n1. The molecule has 1 aromatic heterocycles. The van der Waals surface area contributed by atoms with Gasteiger partial charge < -0.3 is 14.3 Å². The molecular formula is C20H28N4O2. The Morgan fingerprint density at radius 3 is 2.42 bits per heavy atom. The highest BCUT2D eigenvalue weighted by molar-refractivity contribution is 5.94. The molecule has 1 aliphatic rings. The van der Waals surface area contributed by atoms with Crippen LogP contribution in [0.2, 0.25) is 0 Å². The number of carbonyl (C=O) groups excluding carboxylic acids is 1. The third-order valence-corrected chi connectivity index (χ3v) is 5.00. The number of piperidine rings is 1. The summed E-state index contributed by atoms with van der Waals surface area (Å²) in [5.74, 6) is 2.39. The van der Waals surface area contributed by atoms with Gasteiger partial charge in [-0.05, 0) is 43.0 Å². The molecule has 3 rings (SSSR count). The van der Waals surface area contributed by atoms with E-state index in [1.807, 2.05) is 48.2 Å². The Labute approximate surface area is 155 Å². The van der Waals surface area contributed by atoms with Crippen LogP contribution in [0.25, 0.3) is 0 Å². The number of hydrogen-bond donors (Lipinski definition) is 0. The van der Waals surface area contributed by atoms with Crippen LogP contribution in [-0.4, -0.2) is 48.1 Å². The molecule has 0 N–H and O–H groups in total. The van der Waals surface area contributed by atoms with E-state index in [4.69, 9.17) is 4.52 Å². The molecule has 0 unspecified atom stereocenters. The molecular weight excluding hydrogens is 328 g/mol. The van der Waals surface area contributed by atoms with Gasteiger partial charge in [0, 0.05) is 50.8 Å². The number of rotatable bonds is 5. The molecule has 2 heterocycles. The van der Waals surface area contributed by atoms with E-state index in [9.17, 15) is 4.79 Å². The lowest BCUT2D eigenvalue weighted by molar-refractivity contribution is 0.0687. The van der Waals surface area contributed by atoms with E-state index in [1.165, 1.54) is 0 Å². The normalized spacial score (nSPS) is 15.5. The standard InChI is InChI=1S/C20H28N4O2/c1-14(2)19-21-18(26-22-19)13-15-9-11-24(12-10-15)20(25)16-5-7-17(8-6-16)23(3)4/h5-8,14-15H,9-13H2,1-4H3. The van der Waals surface area contributed by atoms with Gasteiger partial charge in [-0.15, -0.1) is 0 Å². The molecule has 1 aromatic carbocycles. The molecule has 1 amide bonds. The Hall–Kier alpha value is -2.37. The molecule has 0 radical (unpaired) electrons. The van der Waals surface area contributed by atoms with E-state index < -0.39 is 0 Å². The van der Waals surface area contributed by atoms with Crippen LogP contribution < -0.4 is 4.90 Å². The van der Waals surface area contributed by atoms with Crippen LogP contribution >= 0.6 is 0 Å². The fraction of sp³-hybridized carbons (Fsp3) is 0.550. The van der Waals surface area contributed by atoms with E-state index in [0.29, 0.717) is 5.92 Å². The van der Waals surface area contributed by atoms with Crippen molar-refractivity contribution in [3.8, 4) is 0 Å². The molecule has 0 spiro atoms. The molecule has 1 aliphatic heterocycles. The third kappa shape index (κ3) is 4.23. The quantitative estimate of drug-likeness (QED) is 0.822.